The molecule has 0 saturated carbocycles. The van der Waals surface area contributed by atoms with E-state index in [1.807, 2.05) is 0 Å². The summed E-state index contributed by atoms with van der Waals surface area (Å²) in [5, 5.41) is 0. The third kappa shape index (κ3) is 2.60. The smallest absolute Gasteiger partial charge is 0.0315 e. The number of allylic oxidation sites excluding steroid dienone is 4. The van der Waals surface area contributed by atoms with Gasteiger partial charge in [-0.15, -0.1) is 0 Å². The molecular formula is C20H19. The Balaban J connectivity index is 2.02. The lowest BCUT2D eigenvalue weighted by Gasteiger charge is -2.21. The van der Waals surface area contributed by atoms with Crippen LogP contribution in [0.5, 0.6) is 0 Å². The third-order valence-electron chi connectivity index (χ3n) is 3.85. The van der Waals surface area contributed by atoms with Crippen molar-refractivity contribution in [3.05, 3.63) is 102 Å². The standard InChI is InChI=1S/C20H19/c1-2-16-13-14-19(15-16)20(17-9-5-3-6-10-17)18-11-7-4-8-12-18/h3-15,20H,2H2,1H3. The molecule has 1 aliphatic carbocycles. The van der Waals surface area contributed by atoms with Crippen LogP contribution in [0.25, 0.3) is 0 Å². The maximum absolute atomic E-state index is 2.34. The largest absolute Gasteiger partial charge is 0.0721 e. The zero-order chi connectivity index (χ0) is 13.8. The van der Waals surface area contributed by atoms with E-state index in [1.54, 1.807) is 0 Å². The first-order chi connectivity index (χ1) is 9.88. The van der Waals surface area contributed by atoms with Crippen molar-refractivity contribution in [1.82, 2.24) is 0 Å². The van der Waals surface area contributed by atoms with Gasteiger partial charge >= 0.3 is 0 Å². The summed E-state index contributed by atoms with van der Waals surface area (Å²) in [4.78, 5) is 0. The lowest BCUT2D eigenvalue weighted by atomic mass is 9.81. The van der Waals surface area contributed by atoms with Gasteiger partial charge in [-0.1, -0.05) is 91.4 Å². The van der Waals surface area contributed by atoms with Crippen molar-refractivity contribution in [2.45, 2.75) is 19.3 Å². The van der Waals surface area contributed by atoms with Crippen LogP contribution in [-0.4, -0.2) is 0 Å². The Hall–Kier alpha value is -2.08. The highest BCUT2D eigenvalue weighted by atomic mass is 14.3. The van der Waals surface area contributed by atoms with Gasteiger partial charge in [0.25, 0.3) is 0 Å². The van der Waals surface area contributed by atoms with Crippen molar-refractivity contribution in [1.29, 1.82) is 0 Å². The topological polar surface area (TPSA) is 0 Å². The number of hydrogen-bond donors (Lipinski definition) is 0. The van der Waals surface area contributed by atoms with Crippen molar-refractivity contribution in [2.24, 2.45) is 0 Å². The molecule has 0 saturated heterocycles. The molecular weight excluding hydrogens is 240 g/mol. The predicted molar refractivity (Wildman–Crippen MR) is 85.5 cm³/mol. The van der Waals surface area contributed by atoms with Crippen LogP contribution >= 0.6 is 0 Å². The molecule has 3 rings (SSSR count). The van der Waals surface area contributed by atoms with Crippen LogP contribution in [0.3, 0.4) is 0 Å². The summed E-state index contributed by atoms with van der Waals surface area (Å²) in [7, 11) is 0. The Labute approximate surface area is 121 Å². The summed E-state index contributed by atoms with van der Waals surface area (Å²) in [6.07, 6.45) is 7.94. The van der Waals surface area contributed by atoms with Gasteiger partial charge in [0.2, 0.25) is 0 Å². The van der Waals surface area contributed by atoms with Gasteiger partial charge in [-0.25, -0.2) is 0 Å². The van der Waals surface area contributed by atoms with Crippen molar-refractivity contribution in [3.8, 4) is 0 Å². The maximum Gasteiger partial charge on any atom is 0.0315 e. The average Bonchev–Trinajstić information content (AvgIpc) is 2.98. The first-order valence-electron chi connectivity index (χ1n) is 7.24. The zero-order valence-electron chi connectivity index (χ0n) is 11.8. The van der Waals surface area contributed by atoms with E-state index in [2.05, 4.69) is 85.8 Å². The lowest BCUT2D eigenvalue weighted by molar-refractivity contribution is 0.906. The summed E-state index contributed by atoms with van der Waals surface area (Å²) in [6.45, 7) is 2.21. The van der Waals surface area contributed by atoms with Crippen LogP contribution in [0.4, 0.5) is 0 Å². The maximum atomic E-state index is 2.34. The number of benzene rings is 2. The second-order valence-corrected chi connectivity index (χ2v) is 5.16. The Kier molecular flexibility index (Phi) is 3.83. The lowest BCUT2D eigenvalue weighted by Crippen LogP contribution is -2.07. The number of hydrogen-bond acceptors (Lipinski definition) is 0. The molecule has 0 heterocycles. The Bertz CT molecular complexity index is 566. The van der Waals surface area contributed by atoms with Gasteiger partial charge in [0.15, 0.2) is 0 Å². The highest BCUT2D eigenvalue weighted by Gasteiger charge is 2.24. The van der Waals surface area contributed by atoms with Crippen LogP contribution in [-0.2, 0) is 0 Å². The number of rotatable bonds is 4. The molecule has 20 heavy (non-hydrogen) atoms. The predicted octanol–water partition coefficient (Wildman–Crippen LogP) is 5.30. The highest BCUT2D eigenvalue weighted by molar-refractivity contribution is 5.51. The van der Waals surface area contributed by atoms with E-state index < -0.39 is 0 Å². The molecule has 1 radical (unpaired) electrons. The molecule has 0 fully saturated rings. The van der Waals surface area contributed by atoms with Crippen molar-refractivity contribution in [3.63, 3.8) is 0 Å². The van der Waals surface area contributed by atoms with Gasteiger partial charge in [-0.3, -0.25) is 0 Å². The van der Waals surface area contributed by atoms with Gasteiger partial charge in [-0.05, 0) is 17.5 Å². The third-order valence-corrected chi connectivity index (χ3v) is 3.85. The quantitative estimate of drug-likeness (QED) is 0.699. The van der Waals surface area contributed by atoms with E-state index in [4.69, 9.17) is 0 Å². The molecule has 0 bridgehead atoms. The zero-order valence-corrected chi connectivity index (χ0v) is 11.8. The molecule has 0 spiro atoms. The minimum absolute atomic E-state index is 0.331. The molecule has 0 unspecified atom stereocenters. The van der Waals surface area contributed by atoms with Crippen molar-refractivity contribution in [2.75, 3.05) is 0 Å². The van der Waals surface area contributed by atoms with Crippen LogP contribution in [0, 0.1) is 5.92 Å². The van der Waals surface area contributed by atoms with Crippen LogP contribution < -0.4 is 0 Å². The fourth-order valence-corrected chi connectivity index (χ4v) is 2.78. The van der Waals surface area contributed by atoms with Gasteiger partial charge in [0, 0.05) is 11.8 Å². The molecule has 0 atom stereocenters. The van der Waals surface area contributed by atoms with E-state index in [0.29, 0.717) is 5.92 Å². The van der Waals surface area contributed by atoms with E-state index in [-0.39, 0.29) is 0 Å². The molecule has 0 amide bonds. The van der Waals surface area contributed by atoms with Crippen molar-refractivity contribution >= 4 is 0 Å². The summed E-state index contributed by atoms with van der Waals surface area (Å²) >= 11 is 0. The second-order valence-electron chi connectivity index (χ2n) is 5.16. The Morgan fingerprint density at radius 1 is 0.750 bits per heavy atom. The molecule has 2 aromatic carbocycles. The Morgan fingerprint density at radius 3 is 1.75 bits per heavy atom. The van der Waals surface area contributed by atoms with E-state index >= 15 is 0 Å². The molecule has 99 valence electrons. The van der Waals surface area contributed by atoms with Crippen molar-refractivity contribution < 1.29 is 0 Å². The second kappa shape index (κ2) is 5.92. The summed E-state index contributed by atoms with van der Waals surface area (Å²) < 4.78 is 0. The SMILES string of the molecule is CCC1=C[C](C(c2ccccc2)c2ccccc2)C=C1. The first kappa shape index (κ1) is 12.9. The molecule has 0 aliphatic heterocycles. The van der Waals surface area contributed by atoms with E-state index in [9.17, 15) is 0 Å². The van der Waals surface area contributed by atoms with E-state index in [1.165, 1.54) is 22.6 Å². The van der Waals surface area contributed by atoms with Crippen LogP contribution in [0.1, 0.15) is 30.4 Å². The molecule has 0 nitrogen and oxygen atoms in total. The van der Waals surface area contributed by atoms with Gasteiger partial charge in [0.05, 0.1) is 0 Å². The Morgan fingerprint density at radius 2 is 1.30 bits per heavy atom. The van der Waals surface area contributed by atoms with Crippen LogP contribution in [0.2, 0.25) is 0 Å². The van der Waals surface area contributed by atoms with Gasteiger partial charge in [-0.2, -0.15) is 0 Å². The minimum Gasteiger partial charge on any atom is -0.0721 e. The summed E-state index contributed by atoms with van der Waals surface area (Å²) in [5.74, 6) is 1.72. The molecule has 1 aliphatic rings. The normalized spacial score (nSPS) is 14.8. The van der Waals surface area contributed by atoms with Gasteiger partial charge in [0.1, 0.15) is 0 Å². The fourth-order valence-electron chi connectivity index (χ4n) is 2.78. The molecule has 0 aromatic heterocycles. The molecule has 0 N–H and O–H groups in total. The minimum atomic E-state index is 0.331. The molecule has 0 heteroatoms. The summed E-state index contributed by atoms with van der Waals surface area (Å²) in [6, 6.07) is 21.5. The molecule has 2 aromatic rings. The fraction of sp³-hybridized carbons (Fsp3) is 0.150. The average molecular weight is 259 g/mol. The highest BCUT2D eigenvalue weighted by Crippen LogP contribution is 2.38. The van der Waals surface area contributed by atoms with Gasteiger partial charge < -0.3 is 0 Å². The van der Waals surface area contributed by atoms with Crippen LogP contribution in [0.15, 0.2) is 84.5 Å². The monoisotopic (exact) mass is 259 g/mol. The summed E-state index contributed by atoms with van der Waals surface area (Å²) in [5.41, 5.74) is 4.12. The van der Waals surface area contributed by atoms with E-state index in [0.717, 1.165) is 6.42 Å². The first-order valence-corrected chi connectivity index (χ1v) is 7.24.